The Bertz CT molecular complexity index is 626. The molecule has 1 heterocycles. The molecular weight excluding hydrogens is 287 g/mol. The van der Waals surface area contributed by atoms with E-state index in [1.165, 1.54) is 17.7 Å². The summed E-state index contributed by atoms with van der Waals surface area (Å²) in [6.45, 7) is 4.73. The normalized spacial score (nSPS) is 18.0. The molecule has 0 unspecified atom stereocenters. The first kappa shape index (κ1) is 15.1. The maximum absolute atomic E-state index is 12.6. The van der Waals surface area contributed by atoms with E-state index in [0.717, 1.165) is 25.2 Å². The first-order chi connectivity index (χ1) is 10.4. The summed E-state index contributed by atoms with van der Waals surface area (Å²) in [6.07, 6.45) is -4.27. The predicted molar refractivity (Wildman–Crippen MR) is 80.5 cm³/mol. The van der Waals surface area contributed by atoms with Crippen molar-refractivity contribution in [1.29, 1.82) is 0 Å². The minimum atomic E-state index is -4.27. The third-order valence-electron chi connectivity index (χ3n) is 4.30. The number of benzene rings is 2. The van der Waals surface area contributed by atoms with E-state index in [1.54, 1.807) is 12.1 Å². The maximum Gasteiger partial charge on any atom is 0.416 e. The van der Waals surface area contributed by atoms with Crippen LogP contribution < -0.4 is 0 Å². The summed E-state index contributed by atoms with van der Waals surface area (Å²) in [5, 5.41) is 0. The quantitative estimate of drug-likeness (QED) is 0.808. The predicted octanol–water partition coefficient (Wildman–Crippen LogP) is 4.48. The molecule has 0 N–H and O–H groups in total. The fraction of sp³-hybridized carbons (Fsp3) is 0.333. The van der Waals surface area contributed by atoms with Crippen LogP contribution in [-0.4, -0.2) is 18.0 Å². The molecule has 22 heavy (non-hydrogen) atoms. The standard InChI is InChI=1S/C18H18F3N/c1-17(15-7-9-16(10-8-15)18(19,20)21)12-22(13-17)11-14-5-3-2-4-6-14/h2-10H,11-13H2,1H3. The lowest BCUT2D eigenvalue weighted by Gasteiger charge is -2.48. The molecule has 116 valence electrons. The van der Waals surface area contributed by atoms with Gasteiger partial charge in [-0.25, -0.2) is 0 Å². The third-order valence-corrected chi connectivity index (χ3v) is 4.30. The zero-order valence-electron chi connectivity index (χ0n) is 12.4. The van der Waals surface area contributed by atoms with Gasteiger partial charge >= 0.3 is 6.18 Å². The second-order valence-electron chi connectivity index (χ2n) is 6.27. The molecule has 1 saturated heterocycles. The van der Waals surface area contributed by atoms with Crippen LogP contribution in [0.4, 0.5) is 13.2 Å². The van der Waals surface area contributed by atoms with E-state index in [0.29, 0.717) is 0 Å². The zero-order valence-corrected chi connectivity index (χ0v) is 12.4. The highest BCUT2D eigenvalue weighted by Crippen LogP contribution is 2.37. The SMILES string of the molecule is CC1(c2ccc(C(F)(F)F)cc2)CN(Cc2ccccc2)C1. The molecule has 1 fully saturated rings. The van der Waals surface area contributed by atoms with Gasteiger partial charge in [0, 0.05) is 25.0 Å². The van der Waals surface area contributed by atoms with E-state index in [-0.39, 0.29) is 5.41 Å². The van der Waals surface area contributed by atoms with Gasteiger partial charge in [-0.3, -0.25) is 4.90 Å². The Morgan fingerprint density at radius 2 is 1.55 bits per heavy atom. The van der Waals surface area contributed by atoms with Crippen molar-refractivity contribution in [3.8, 4) is 0 Å². The minimum Gasteiger partial charge on any atom is -0.297 e. The van der Waals surface area contributed by atoms with Gasteiger partial charge in [0.15, 0.2) is 0 Å². The first-order valence-electron chi connectivity index (χ1n) is 7.31. The summed E-state index contributed by atoms with van der Waals surface area (Å²) < 4.78 is 37.8. The number of nitrogens with zero attached hydrogens (tertiary/aromatic N) is 1. The molecule has 0 amide bonds. The molecule has 0 atom stereocenters. The van der Waals surface area contributed by atoms with Gasteiger partial charge in [0.2, 0.25) is 0 Å². The van der Waals surface area contributed by atoms with Crippen LogP contribution in [0.1, 0.15) is 23.6 Å². The molecular formula is C18H18F3N. The van der Waals surface area contributed by atoms with E-state index >= 15 is 0 Å². The molecule has 0 radical (unpaired) electrons. The molecule has 2 aromatic carbocycles. The zero-order chi connectivity index (χ0) is 15.8. The van der Waals surface area contributed by atoms with Gasteiger partial charge in [0.1, 0.15) is 0 Å². The second-order valence-corrected chi connectivity index (χ2v) is 6.27. The molecule has 0 saturated carbocycles. The molecule has 2 aromatic rings. The van der Waals surface area contributed by atoms with E-state index < -0.39 is 11.7 Å². The molecule has 1 aliphatic heterocycles. The largest absolute Gasteiger partial charge is 0.416 e. The molecule has 3 rings (SSSR count). The highest BCUT2D eigenvalue weighted by molar-refractivity contribution is 5.33. The van der Waals surface area contributed by atoms with Crippen LogP contribution in [0.25, 0.3) is 0 Å². The van der Waals surface area contributed by atoms with Crippen molar-refractivity contribution in [1.82, 2.24) is 4.90 Å². The summed E-state index contributed by atoms with van der Waals surface area (Å²) in [7, 11) is 0. The van der Waals surface area contributed by atoms with Gasteiger partial charge < -0.3 is 0 Å². The van der Waals surface area contributed by atoms with Gasteiger partial charge in [-0.1, -0.05) is 49.4 Å². The van der Waals surface area contributed by atoms with Crippen LogP contribution in [0.15, 0.2) is 54.6 Å². The van der Waals surface area contributed by atoms with Crippen molar-refractivity contribution in [3.63, 3.8) is 0 Å². The van der Waals surface area contributed by atoms with Crippen LogP contribution in [0.5, 0.6) is 0 Å². The van der Waals surface area contributed by atoms with E-state index in [9.17, 15) is 13.2 Å². The lowest BCUT2D eigenvalue weighted by atomic mass is 9.75. The fourth-order valence-corrected chi connectivity index (χ4v) is 3.14. The lowest BCUT2D eigenvalue weighted by Crippen LogP contribution is -2.56. The average molecular weight is 305 g/mol. The summed E-state index contributed by atoms with van der Waals surface area (Å²) in [6, 6.07) is 15.8. The summed E-state index contributed by atoms with van der Waals surface area (Å²) in [4.78, 5) is 2.31. The summed E-state index contributed by atoms with van der Waals surface area (Å²) in [5.41, 5.74) is 1.60. The topological polar surface area (TPSA) is 3.24 Å². The van der Waals surface area contributed by atoms with Crippen LogP contribution in [0.2, 0.25) is 0 Å². The number of hydrogen-bond acceptors (Lipinski definition) is 1. The first-order valence-corrected chi connectivity index (χ1v) is 7.31. The molecule has 0 spiro atoms. The third kappa shape index (κ3) is 3.02. The Labute approximate surface area is 128 Å². The van der Waals surface area contributed by atoms with E-state index in [1.807, 2.05) is 18.2 Å². The lowest BCUT2D eigenvalue weighted by molar-refractivity contribution is -0.137. The fourth-order valence-electron chi connectivity index (χ4n) is 3.14. The van der Waals surface area contributed by atoms with Crippen molar-refractivity contribution in [2.24, 2.45) is 0 Å². The smallest absolute Gasteiger partial charge is 0.297 e. The number of halogens is 3. The molecule has 0 aliphatic carbocycles. The van der Waals surface area contributed by atoms with Crippen molar-refractivity contribution < 1.29 is 13.2 Å². The highest BCUT2D eigenvalue weighted by Gasteiger charge is 2.40. The van der Waals surface area contributed by atoms with Crippen LogP contribution in [0.3, 0.4) is 0 Å². The number of alkyl halides is 3. The van der Waals surface area contributed by atoms with Crippen molar-refractivity contribution in [2.75, 3.05) is 13.1 Å². The number of rotatable bonds is 3. The van der Waals surface area contributed by atoms with Gasteiger partial charge in [-0.05, 0) is 23.3 Å². The monoisotopic (exact) mass is 305 g/mol. The van der Waals surface area contributed by atoms with Gasteiger partial charge in [-0.15, -0.1) is 0 Å². The van der Waals surface area contributed by atoms with Crippen molar-refractivity contribution in [2.45, 2.75) is 25.1 Å². The Balaban J connectivity index is 1.64. The summed E-state index contributed by atoms with van der Waals surface area (Å²) in [5.74, 6) is 0. The average Bonchev–Trinajstić information content (AvgIpc) is 2.46. The Morgan fingerprint density at radius 3 is 2.09 bits per heavy atom. The van der Waals surface area contributed by atoms with Crippen molar-refractivity contribution in [3.05, 3.63) is 71.3 Å². The number of likely N-dealkylation sites (tertiary alicyclic amines) is 1. The van der Waals surface area contributed by atoms with Gasteiger partial charge in [0.25, 0.3) is 0 Å². The maximum atomic E-state index is 12.6. The minimum absolute atomic E-state index is 0.0566. The highest BCUT2D eigenvalue weighted by atomic mass is 19.4. The van der Waals surface area contributed by atoms with Gasteiger partial charge in [-0.2, -0.15) is 13.2 Å². The molecule has 4 heteroatoms. The second kappa shape index (κ2) is 5.43. The van der Waals surface area contributed by atoms with Crippen LogP contribution in [0, 0.1) is 0 Å². The van der Waals surface area contributed by atoms with Gasteiger partial charge in [0.05, 0.1) is 5.56 Å². The summed E-state index contributed by atoms with van der Waals surface area (Å²) >= 11 is 0. The van der Waals surface area contributed by atoms with Crippen LogP contribution in [-0.2, 0) is 18.1 Å². The Morgan fingerprint density at radius 1 is 0.955 bits per heavy atom. The number of hydrogen-bond donors (Lipinski definition) is 0. The van der Waals surface area contributed by atoms with Crippen molar-refractivity contribution >= 4 is 0 Å². The van der Waals surface area contributed by atoms with E-state index in [4.69, 9.17) is 0 Å². The van der Waals surface area contributed by atoms with Crippen LogP contribution >= 0.6 is 0 Å². The molecule has 0 aromatic heterocycles. The molecule has 0 bridgehead atoms. The Hall–Kier alpha value is -1.81. The molecule has 1 aliphatic rings. The molecule has 1 nitrogen and oxygen atoms in total. The van der Waals surface area contributed by atoms with E-state index in [2.05, 4.69) is 24.0 Å². The Kier molecular flexibility index (Phi) is 3.73.